The smallest absolute Gasteiger partial charge is 0.0486 e. The van der Waals surface area contributed by atoms with Crippen molar-refractivity contribution in [3.63, 3.8) is 0 Å². The fourth-order valence-corrected chi connectivity index (χ4v) is 1.35. The number of aryl methyl sites for hydroxylation is 2. The largest absolute Gasteiger partial charge is 0.398 e. The van der Waals surface area contributed by atoms with Gasteiger partial charge in [0.1, 0.15) is 0 Å². The van der Waals surface area contributed by atoms with Gasteiger partial charge >= 0.3 is 0 Å². The van der Waals surface area contributed by atoms with Crippen LogP contribution in [0.1, 0.15) is 23.9 Å². The standard InChI is InChI=1S/C9H13N3/c1-5-4-8(11)9(6(2)10)7(3)12-5/h4,10H,1-3H3,(H2,11,12). The van der Waals surface area contributed by atoms with Gasteiger partial charge in [-0.3, -0.25) is 4.98 Å². The SMILES string of the molecule is CC(=N)c1c(N)cc(C)nc1C. The Labute approximate surface area is 72.1 Å². The lowest BCUT2D eigenvalue weighted by molar-refractivity contribution is 1.11. The first-order valence-electron chi connectivity index (χ1n) is 3.81. The highest BCUT2D eigenvalue weighted by molar-refractivity contribution is 6.01. The van der Waals surface area contributed by atoms with Crippen LogP contribution in [0, 0.1) is 19.3 Å². The summed E-state index contributed by atoms with van der Waals surface area (Å²) in [6.07, 6.45) is 0. The Morgan fingerprint density at radius 1 is 1.50 bits per heavy atom. The third-order valence-corrected chi connectivity index (χ3v) is 1.73. The normalized spacial score (nSPS) is 9.92. The molecule has 3 N–H and O–H groups in total. The van der Waals surface area contributed by atoms with Crippen LogP contribution in [0.4, 0.5) is 5.69 Å². The van der Waals surface area contributed by atoms with E-state index >= 15 is 0 Å². The molecule has 3 heteroatoms. The fourth-order valence-electron chi connectivity index (χ4n) is 1.35. The van der Waals surface area contributed by atoms with Crippen molar-refractivity contribution < 1.29 is 0 Å². The second-order valence-corrected chi connectivity index (χ2v) is 2.94. The number of anilines is 1. The summed E-state index contributed by atoms with van der Waals surface area (Å²) in [5, 5.41) is 7.47. The van der Waals surface area contributed by atoms with Crippen molar-refractivity contribution >= 4 is 11.4 Å². The molecule has 12 heavy (non-hydrogen) atoms. The van der Waals surface area contributed by atoms with Gasteiger partial charge in [-0.05, 0) is 26.8 Å². The zero-order valence-corrected chi connectivity index (χ0v) is 7.60. The van der Waals surface area contributed by atoms with Gasteiger partial charge in [-0.2, -0.15) is 0 Å². The van der Waals surface area contributed by atoms with E-state index in [1.54, 1.807) is 13.0 Å². The minimum atomic E-state index is 0.470. The topological polar surface area (TPSA) is 62.8 Å². The predicted octanol–water partition coefficient (Wildman–Crippen LogP) is 1.67. The molecule has 0 aliphatic carbocycles. The minimum Gasteiger partial charge on any atom is -0.398 e. The Kier molecular flexibility index (Phi) is 2.13. The monoisotopic (exact) mass is 163 g/mol. The van der Waals surface area contributed by atoms with Crippen LogP contribution >= 0.6 is 0 Å². The van der Waals surface area contributed by atoms with E-state index < -0.39 is 0 Å². The van der Waals surface area contributed by atoms with E-state index in [4.69, 9.17) is 11.1 Å². The summed E-state index contributed by atoms with van der Waals surface area (Å²) in [7, 11) is 0. The lowest BCUT2D eigenvalue weighted by atomic mass is 10.1. The summed E-state index contributed by atoms with van der Waals surface area (Å²) >= 11 is 0. The van der Waals surface area contributed by atoms with Crippen molar-refractivity contribution in [1.29, 1.82) is 5.41 Å². The first kappa shape index (κ1) is 8.71. The first-order valence-corrected chi connectivity index (χ1v) is 3.81. The van der Waals surface area contributed by atoms with E-state index in [9.17, 15) is 0 Å². The summed E-state index contributed by atoms with van der Waals surface area (Å²) in [6.45, 7) is 5.48. The molecule has 3 nitrogen and oxygen atoms in total. The highest BCUT2D eigenvalue weighted by Crippen LogP contribution is 2.16. The van der Waals surface area contributed by atoms with E-state index in [0.29, 0.717) is 11.4 Å². The molecule has 1 rings (SSSR count). The highest BCUT2D eigenvalue weighted by Gasteiger charge is 2.06. The van der Waals surface area contributed by atoms with Crippen molar-refractivity contribution in [3.05, 3.63) is 23.0 Å². The van der Waals surface area contributed by atoms with E-state index in [1.807, 2.05) is 13.8 Å². The van der Waals surface area contributed by atoms with E-state index in [1.165, 1.54) is 0 Å². The van der Waals surface area contributed by atoms with Crippen LogP contribution in [-0.4, -0.2) is 10.7 Å². The number of nitrogens with zero attached hydrogens (tertiary/aromatic N) is 1. The Hall–Kier alpha value is -1.38. The maximum absolute atomic E-state index is 7.47. The lowest BCUT2D eigenvalue weighted by Gasteiger charge is -2.07. The molecule has 0 atom stereocenters. The number of nitrogens with two attached hydrogens (primary N) is 1. The van der Waals surface area contributed by atoms with E-state index in [-0.39, 0.29) is 0 Å². The summed E-state index contributed by atoms with van der Waals surface area (Å²) in [5.74, 6) is 0. The van der Waals surface area contributed by atoms with Crippen molar-refractivity contribution in [1.82, 2.24) is 4.98 Å². The third-order valence-electron chi connectivity index (χ3n) is 1.73. The zero-order valence-electron chi connectivity index (χ0n) is 7.60. The first-order chi connectivity index (χ1) is 5.52. The molecule has 1 aromatic heterocycles. The van der Waals surface area contributed by atoms with Crippen LogP contribution in [0.5, 0.6) is 0 Å². The Bertz CT molecular complexity index is 306. The van der Waals surface area contributed by atoms with Crippen LogP contribution in [-0.2, 0) is 0 Å². The van der Waals surface area contributed by atoms with Crippen molar-refractivity contribution in [2.75, 3.05) is 5.73 Å². The van der Waals surface area contributed by atoms with Gasteiger partial charge < -0.3 is 11.1 Å². The van der Waals surface area contributed by atoms with Crippen LogP contribution in [0.2, 0.25) is 0 Å². The molecular weight excluding hydrogens is 150 g/mol. The molecule has 0 radical (unpaired) electrons. The summed E-state index contributed by atoms with van der Waals surface area (Å²) in [4.78, 5) is 4.23. The number of hydrogen-bond donors (Lipinski definition) is 2. The van der Waals surface area contributed by atoms with Gasteiger partial charge in [0.2, 0.25) is 0 Å². The molecule has 1 aromatic rings. The molecule has 0 saturated heterocycles. The number of nitrogen functional groups attached to an aromatic ring is 1. The van der Waals surface area contributed by atoms with Crippen molar-refractivity contribution in [2.24, 2.45) is 0 Å². The molecule has 0 amide bonds. The number of nitrogens with one attached hydrogen (secondary N) is 1. The highest BCUT2D eigenvalue weighted by atomic mass is 14.7. The molecule has 0 aromatic carbocycles. The van der Waals surface area contributed by atoms with Crippen molar-refractivity contribution in [3.8, 4) is 0 Å². The Morgan fingerprint density at radius 2 is 2.08 bits per heavy atom. The molecule has 1 heterocycles. The number of aromatic nitrogens is 1. The zero-order chi connectivity index (χ0) is 9.30. The van der Waals surface area contributed by atoms with Crippen LogP contribution in [0.3, 0.4) is 0 Å². The van der Waals surface area contributed by atoms with E-state index in [0.717, 1.165) is 17.0 Å². The number of pyridine rings is 1. The van der Waals surface area contributed by atoms with Crippen molar-refractivity contribution in [2.45, 2.75) is 20.8 Å². The lowest BCUT2D eigenvalue weighted by Crippen LogP contribution is -2.05. The number of rotatable bonds is 1. The molecule has 0 aliphatic heterocycles. The average molecular weight is 163 g/mol. The minimum absolute atomic E-state index is 0.470. The van der Waals surface area contributed by atoms with Gasteiger partial charge in [0.05, 0.1) is 0 Å². The molecule has 0 fully saturated rings. The number of hydrogen-bond acceptors (Lipinski definition) is 3. The third kappa shape index (κ3) is 1.44. The summed E-state index contributed by atoms with van der Waals surface area (Å²) < 4.78 is 0. The fraction of sp³-hybridized carbons (Fsp3) is 0.333. The van der Waals surface area contributed by atoms with Crippen LogP contribution < -0.4 is 5.73 Å². The summed E-state index contributed by atoms with van der Waals surface area (Å²) in [6, 6.07) is 1.79. The maximum Gasteiger partial charge on any atom is 0.0486 e. The molecular formula is C9H13N3. The Balaban J connectivity index is 3.38. The molecule has 64 valence electrons. The van der Waals surface area contributed by atoms with Gasteiger partial charge in [-0.1, -0.05) is 0 Å². The molecule has 0 bridgehead atoms. The molecule has 0 spiro atoms. The molecule has 0 aliphatic rings. The molecule has 0 saturated carbocycles. The van der Waals surface area contributed by atoms with Gasteiger partial charge in [-0.15, -0.1) is 0 Å². The van der Waals surface area contributed by atoms with Gasteiger partial charge in [-0.25, -0.2) is 0 Å². The van der Waals surface area contributed by atoms with Gasteiger partial charge in [0.25, 0.3) is 0 Å². The van der Waals surface area contributed by atoms with Gasteiger partial charge in [0.15, 0.2) is 0 Å². The molecule has 0 unspecified atom stereocenters. The second-order valence-electron chi connectivity index (χ2n) is 2.94. The average Bonchev–Trinajstić information content (AvgIpc) is 1.82. The maximum atomic E-state index is 7.47. The second kappa shape index (κ2) is 2.93. The van der Waals surface area contributed by atoms with Gasteiger partial charge in [0, 0.05) is 28.4 Å². The van der Waals surface area contributed by atoms with E-state index in [2.05, 4.69) is 4.98 Å². The predicted molar refractivity (Wildman–Crippen MR) is 50.6 cm³/mol. The van der Waals surface area contributed by atoms with Crippen LogP contribution in [0.15, 0.2) is 6.07 Å². The quantitative estimate of drug-likeness (QED) is 0.618. The van der Waals surface area contributed by atoms with Crippen LogP contribution in [0.25, 0.3) is 0 Å². The Morgan fingerprint density at radius 3 is 2.50 bits per heavy atom. The summed E-state index contributed by atoms with van der Waals surface area (Å²) in [5.41, 5.74) is 9.35.